The molecule has 25 heavy (non-hydrogen) atoms. The summed E-state index contributed by atoms with van der Waals surface area (Å²) >= 11 is 6.38. The maximum Gasteiger partial charge on any atom is 0.157 e. The Morgan fingerprint density at radius 1 is 1.16 bits per heavy atom. The molecule has 0 bridgehead atoms. The van der Waals surface area contributed by atoms with Crippen LogP contribution in [0.15, 0.2) is 42.2 Å². The average Bonchev–Trinajstić information content (AvgIpc) is 2.66. The maximum atomic E-state index is 11.4. The van der Waals surface area contributed by atoms with E-state index >= 15 is 0 Å². The smallest absolute Gasteiger partial charge is 0.157 e. The summed E-state index contributed by atoms with van der Waals surface area (Å²) in [4.78, 5) is 15.4. The van der Waals surface area contributed by atoms with Crippen LogP contribution in [-0.2, 0) is 0 Å². The second kappa shape index (κ2) is 8.17. The van der Waals surface area contributed by atoms with Crippen LogP contribution >= 0.6 is 11.6 Å². The van der Waals surface area contributed by atoms with Crippen LogP contribution in [0.3, 0.4) is 0 Å². The summed E-state index contributed by atoms with van der Waals surface area (Å²) < 4.78 is 11.1. The minimum Gasteiger partial charge on any atom is -0.494 e. The Morgan fingerprint density at radius 3 is 2.68 bits per heavy atom. The summed E-state index contributed by atoms with van der Waals surface area (Å²) in [6, 6.07) is 7.89. The van der Waals surface area contributed by atoms with Gasteiger partial charge in [0.2, 0.25) is 0 Å². The van der Waals surface area contributed by atoms with Gasteiger partial charge in [-0.2, -0.15) is 0 Å². The topological polar surface area (TPSA) is 48.4 Å². The Morgan fingerprint density at radius 2 is 1.92 bits per heavy atom. The normalized spacial score (nSPS) is 14.3. The van der Waals surface area contributed by atoms with Gasteiger partial charge >= 0.3 is 0 Å². The van der Waals surface area contributed by atoms with Crippen LogP contribution in [0.25, 0.3) is 5.57 Å². The number of aldehydes is 1. The molecule has 0 saturated heterocycles. The molecule has 3 rings (SSSR count). The first-order valence-electron chi connectivity index (χ1n) is 8.30. The molecule has 0 spiro atoms. The molecule has 0 atom stereocenters. The second-order valence-corrected chi connectivity index (χ2v) is 6.34. The second-order valence-electron chi connectivity index (χ2n) is 5.93. The van der Waals surface area contributed by atoms with Gasteiger partial charge < -0.3 is 9.47 Å². The van der Waals surface area contributed by atoms with E-state index in [0.717, 1.165) is 42.6 Å². The number of hydrogen-bond acceptors (Lipinski definition) is 4. The first-order chi connectivity index (χ1) is 12.2. The van der Waals surface area contributed by atoms with Gasteiger partial charge in [-0.15, -0.1) is 0 Å². The summed E-state index contributed by atoms with van der Waals surface area (Å²) in [5.41, 5.74) is 3.93. The van der Waals surface area contributed by atoms with Crippen LogP contribution in [0.2, 0.25) is 5.02 Å². The van der Waals surface area contributed by atoms with Gasteiger partial charge in [0.1, 0.15) is 12.2 Å². The number of allylic oxidation sites excluding steroid dienone is 1. The highest BCUT2D eigenvalue weighted by Gasteiger charge is 2.18. The molecule has 130 valence electrons. The molecule has 1 aromatic heterocycles. The average molecular weight is 358 g/mol. The number of aromatic nitrogens is 1. The molecule has 1 aromatic carbocycles. The van der Waals surface area contributed by atoms with Gasteiger partial charge in [-0.25, -0.2) is 0 Å². The molecule has 0 radical (unpaired) electrons. The van der Waals surface area contributed by atoms with E-state index in [1.807, 2.05) is 24.3 Å². The Labute approximate surface area is 152 Å². The minimum atomic E-state index is 0.383. The summed E-state index contributed by atoms with van der Waals surface area (Å²) in [7, 11) is 1.51. The molecule has 1 aliphatic carbocycles. The monoisotopic (exact) mass is 357 g/mol. The van der Waals surface area contributed by atoms with E-state index in [2.05, 4.69) is 4.98 Å². The molecule has 0 aliphatic heterocycles. The van der Waals surface area contributed by atoms with Crippen molar-refractivity contribution in [2.24, 2.45) is 0 Å². The van der Waals surface area contributed by atoms with E-state index in [1.54, 1.807) is 6.20 Å². The lowest BCUT2D eigenvalue weighted by molar-refractivity contribution is 0.111. The van der Waals surface area contributed by atoms with Crippen LogP contribution in [0.1, 0.15) is 41.6 Å². The third-order valence-electron chi connectivity index (χ3n) is 4.44. The van der Waals surface area contributed by atoms with Gasteiger partial charge in [0, 0.05) is 5.02 Å². The van der Waals surface area contributed by atoms with Crippen molar-refractivity contribution in [1.29, 1.82) is 0 Å². The summed E-state index contributed by atoms with van der Waals surface area (Å²) in [5, 5.41) is 0.758. The highest BCUT2D eigenvalue weighted by molar-refractivity contribution is 6.32. The molecule has 0 fully saturated rings. The summed E-state index contributed by atoms with van der Waals surface area (Å²) in [6.45, 7) is 0.413. The zero-order valence-electron chi connectivity index (χ0n) is 14.1. The summed E-state index contributed by atoms with van der Waals surface area (Å²) in [6.07, 6.45) is 8.01. The number of ether oxygens (including phenoxy) is 2. The number of benzene rings is 1. The molecule has 1 aliphatic rings. The first kappa shape index (κ1) is 17.5. The quantitative estimate of drug-likeness (QED) is 0.685. The zero-order chi connectivity index (χ0) is 17.6. The molecule has 5 heteroatoms. The van der Waals surface area contributed by atoms with Gasteiger partial charge in [-0.3, -0.25) is 9.78 Å². The number of hydrogen-bond donors (Lipinski definition) is 0. The third kappa shape index (κ3) is 3.85. The van der Waals surface area contributed by atoms with E-state index in [0.29, 0.717) is 23.7 Å². The third-order valence-corrected chi connectivity index (χ3v) is 4.76. The molecule has 0 N–H and O–H groups in total. The number of carbonyl (C=O) groups is 1. The van der Waals surface area contributed by atoms with Crippen molar-refractivity contribution in [3.63, 3.8) is 0 Å². The number of methoxy groups -OCH3 is 1. The molecule has 2 aromatic rings. The lowest BCUT2D eigenvalue weighted by Crippen LogP contribution is -2.10. The number of halogens is 1. The largest absolute Gasteiger partial charge is 0.494 e. The Bertz CT molecular complexity index is 801. The number of pyridine rings is 1. The van der Waals surface area contributed by atoms with E-state index < -0.39 is 0 Å². The first-order valence-corrected chi connectivity index (χ1v) is 8.68. The van der Waals surface area contributed by atoms with Crippen molar-refractivity contribution in [3.05, 3.63) is 58.4 Å². The van der Waals surface area contributed by atoms with Crippen molar-refractivity contribution < 1.29 is 14.3 Å². The minimum absolute atomic E-state index is 0.383. The number of carbonyl (C=O) groups excluding carboxylic acids is 1. The highest BCUT2D eigenvalue weighted by atomic mass is 35.5. The van der Waals surface area contributed by atoms with Gasteiger partial charge in [0.15, 0.2) is 17.8 Å². The zero-order valence-corrected chi connectivity index (χ0v) is 14.9. The van der Waals surface area contributed by atoms with Crippen molar-refractivity contribution in [3.8, 4) is 11.5 Å². The Kier molecular flexibility index (Phi) is 5.71. The molecule has 0 saturated carbocycles. The van der Waals surface area contributed by atoms with Crippen LogP contribution in [0, 0.1) is 0 Å². The highest BCUT2D eigenvalue weighted by Crippen LogP contribution is 2.36. The van der Waals surface area contributed by atoms with Gasteiger partial charge in [-0.05, 0) is 48.5 Å². The molecular formula is C20H20ClNO3. The van der Waals surface area contributed by atoms with Crippen molar-refractivity contribution in [1.82, 2.24) is 4.98 Å². The van der Waals surface area contributed by atoms with Crippen LogP contribution < -0.4 is 9.47 Å². The van der Waals surface area contributed by atoms with Crippen molar-refractivity contribution in [2.45, 2.75) is 25.7 Å². The predicted molar refractivity (Wildman–Crippen MR) is 98.5 cm³/mol. The van der Waals surface area contributed by atoms with Crippen LogP contribution in [0.4, 0.5) is 0 Å². The standard InChI is InChI=1S/C20H20ClNO3/c1-24-19-10-22-11-20(17(19)12-23)25-13-14-6-2-3-7-15(14)16-8-4-5-9-18(16)21/h4-5,8-12H,2-3,6-7,13H2,1H3. The van der Waals surface area contributed by atoms with Gasteiger partial charge in [-0.1, -0.05) is 29.8 Å². The van der Waals surface area contributed by atoms with Gasteiger partial charge in [0.05, 0.1) is 19.5 Å². The van der Waals surface area contributed by atoms with E-state index in [1.165, 1.54) is 24.5 Å². The van der Waals surface area contributed by atoms with E-state index in [-0.39, 0.29) is 0 Å². The molecule has 4 nitrogen and oxygen atoms in total. The fraction of sp³-hybridized carbons (Fsp3) is 0.300. The van der Waals surface area contributed by atoms with Crippen molar-refractivity contribution in [2.75, 3.05) is 13.7 Å². The molecule has 0 unspecified atom stereocenters. The fourth-order valence-electron chi connectivity index (χ4n) is 3.15. The number of rotatable bonds is 6. The lowest BCUT2D eigenvalue weighted by Gasteiger charge is -2.22. The lowest BCUT2D eigenvalue weighted by atomic mass is 9.87. The van der Waals surface area contributed by atoms with Gasteiger partial charge in [0.25, 0.3) is 0 Å². The van der Waals surface area contributed by atoms with E-state index in [9.17, 15) is 4.79 Å². The molecule has 1 heterocycles. The number of nitrogens with zero attached hydrogens (tertiary/aromatic N) is 1. The van der Waals surface area contributed by atoms with E-state index in [4.69, 9.17) is 21.1 Å². The van der Waals surface area contributed by atoms with Crippen LogP contribution in [0.5, 0.6) is 11.5 Å². The van der Waals surface area contributed by atoms with Crippen LogP contribution in [-0.4, -0.2) is 25.0 Å². The predicted octanol–water partition coefficient (Wildman–Crippen LogP) is 4.96. The molecular weight excluding hydrogens is 338 g/mol. The molecule has 0 amide bonds. The summed E-state index contributed by atoms with van der Waals surface area (Å²) in [5.74, 6) is 0.849. The Hall–Kier alpha value is -2.33. The SMILES string of the molecule is COc1cncc(OCC2=C(c3ccccc3Cl)CCCC2)c1C=O. The fourth-order valence-corrected chi connectivity index (χ4v) is 3.40. The maximum absolute atomic E-state index is 11.4. The Balaban J connectivity index is 1.88. The van der Waals surface area contributed by atoms with Crippen molar-refractivity contribution >= 4 is 23.5 Å².